The van der Waals surface area contributed by atoms with Crippen molar-refractivity contribution in [2.75, 3.05) is 12.4 Å². The van der Waals surface area contributed by atoms with Gasteiger partial charge in [0.1, 0.15) is 0 Å². The third kappa shape index (κ3) is 4.24. The van der Waals surface area contributed by atoms with Gasteiger partial charge in [0, 0.05) is 28.1 Å². The predicted molar refractivity (Wildman–Crippen MR) is 142 cm³/mol. The molecule has 1 aliphatic rings. The normalized spacial score (nSPS) is 13.3. The summed E-state index contributed by atoms with van der Waals surface area (Å²) in [7, 11) is 1.42. The minimum absolute atomic E-state index is 0.100. The Morgan fingerprint density at radius 1 is 0.912 bits per heavy atom. The quantitative estimate of drug-likeness (QED) is 0.278. The summed E-state index contributed by atoms with van der Waals surface area (Å²) in [6, 6.07) is 25.6. The van der Waals surface area contributed by atoms with Crippen molar-refractivity contribution in [3.8, 4) is 21.6 Å². The summed E-state index contributed by atoms with van der Waals surface area (Å²) >= 11 is 7.79. The molecule has 0 radical (unpaired) electrons. The fraction of sp³-hybridized carbons (Fsp3) is 0.207. The van der Waals surface area contributed by atoms with Crippen molar-refractivity contribution in [3.63, 3.8) is 0 Å². The van der Waals surface area contributed by atoms with Gasteiger partial charge in [-0.3, -0.25) is 4.79 Å². The minimum atomic E-state index is -0.185. The van der Waals surface area contributed by atoms with Crippen LogP contribution in [0.25, 0.3) is 21.6 Å². The van der Waals surface area contributed by atoms with Crippen LogP contribution in [0.15, 0.2) is 72.8 Å². The third-order valence-electron chi connectivity index (χ3n) is 6.62. The fourth-order valence-electron chi connectivity index (χ4n) is 4.71. The molecule has 5 heteroatoms. The van der Waals surface area contributed by atoms with Crippen LogP contribution < -0.4 is 5.32 Å². The number of carbonyl (C=O) groups excluding carboxylic acids is 1. The predicted octanol–water partition coefficient (Wildman–Crippen LogP) is 8.22. The van der Waals surface area contributed by atoms with Gasteiger partial charge in [-0.2, -0.15) is 0 Å². The summed E-state index contributed by atoms with van der Waals surface area (Å²) in [5, 5.41) is 3.54. The van der Waals surface area contributed by atoms with E-state index in [9.17, 15) is 4.79 Å². The van der Waals surface area contributed by atoms with E-state index in [1.165, 1.54) is 39.8 Å². The number of halogens is 1. The lowest BCUT2D eigenvalue weighted by Gasteiger charge is -2.22. The Labute approximate surface area is 209 Å². The maximum Gasteiger partial charge on any atom is 0.305 e. The molecule has 4 aromatic rings. The van der Waals surface area contributed by atoms with Crippen LogP contribution in [0.2, 0.25) is 4.34 Å². The highest BCUT2D eigenvalue weighted by Gasteiger charge is 2.35. The van der Waals surface area contributed by atoms with Crippen LogP contribution >= 0.6 is 22.9 Å². The number of hydrogen-bond acceptors (Lipinski definition) is 4. The first-order valence-electron chi connectivity index (χ1n) is 11.3. The van der Waals surface area contributed by atoms with Gasteiger partial charge in [-0.05, 0) is 82.3 Å². The summed E-state index contributed by atoms with van der Waals surface area (Å²) in [5.74, 6) is -0.185. The van der Waals surface area contributed by atoms with Crippen LogP contribution in [0.3, 0.4) is 0 Å². The number of methoxy groups -OCH3 is 1. The van der Waals surface area contributed by atoms with Crippen molar-refractivity contribution in [1.29, 1.82) is 0 Å². The van der Waals surface area contributed by atoms with Gasteiger partial charge in [0.05, 0.1) is 11.4 Å². The van der Waals surface area contributed by atoms with E-state index in [1.54, 1.807) is 11.3 Å². The second-order valence-electron chi connectivity index (χ2n) is 9.15. The first-order valence-corrected chi connectivity index (χ1v) is 12.5. The van der Waals surface area contributed by atoms with E-state index in [0.717, 1.165) is 21.3 Å². The molecule has 0 saturated heterocycles. The van der Waals surface area contributed by atoms with Crippen LogP contribution in [-0.2, 0) is 21.4 Å². The highest BCUT2D eigenvalue weighted by molar-refractivity contribution is 7.19. The van der Waals surface area contributed by atoms with E-state index < -0.39 is 0 Å². The monoisotopic (exact) mass is 487 g/mol. The topological polar surface area (TPSA) is 38.3 Å². The highest BCUT2D eigenvalue weighted by atomic mass is 35.5. The van der Waals surface area contributed by atoms with Gasteiger partial charge in [0.2, 0.25) is 0 Å². The molecule has 0 fully saturated rings. The number of anilines is 2. The van der Waals surface area contributed by atoms with Crippen molar-refractivity contribution in [2.24, 2.45) is 0 Å². The molecule has 1 heterocycles. The molecule has 0 bridgehead atoms. The molecule has 172 valence electrons. The molecular formula is C29H26ClNO2S. The molecule has 5 rings (SSSR count). The largest absolute Gasteiger partial charge is 0.469 e. The molecule has 3 aromatic carbocycles. The smallest absolute Gasteiger partial charge is 0.305 e. The van der Waals surface area contributed by atoms with Gasteiger partial charge < -0.3 is 10.1 Å². The maximum absolute atomic E-state index is 11.4. The van der Waals surface area contributed by atoms with Crippen LogP contribution in [0.5, 0.6) is 0 Å². The van der Waals surface area contributed by atoms with Gasteiger partial charge in [0.15, 0.2) is 0 Å². The number of benzene rings is 3. The molecule has 0 atom stereocenters. The number of nitrogens with one attached hydrogen (secondary N) is 1. The summed E-state index contributed by atoms with van der Waals surface area (Å²) in [4.78, 5) is 12.6. The number of ether oxygens (including phenoxy) is 1. The number of carbonyl (C=O) groups is 1. The third-order valence-corrected chi connectivity index (χ3v) is 7.90. The molecular weight excluding hydrogens is 462 g/mol. The second kappa shape index (κ2) is 8.94. The van der Waals surface area contributed by atoms with E-state index in [-0.39, 0.29) is 11.4 Å². The van der Waals surface area contributed by atoms with Crippen molar-refractivity contribution < 1.29 is 9.53 Å². The van der Waals surface area contributed by atoms with Gasteiger partial charge in [-0.15, -0.1) is 11.3 Å². The van der Waals surface area contributed by atoms with E-state index in [1.807, 2.05) is 6.07 Å². The van der Waals surface area contributed by atoms with E-state index in [2.05, 4.69) is 85.9 Å². The van der Waals surface area contributed by atoms with Gasteiger partial charge in [-0.25, -0.2) is 0 Å². The van der Waals surface area contributed by atoms with Gasteiger partial charge in [0.25, 0.3) is 0 Å². The van der Waals surface area contributed by atoms with E-state index in [0.29, 0.717) is 12.8 Å². The van der Waals surface area contributed by atoms with E-state index >= 15 is 0 Å². The Kier molecular flexibility index (Phi) is 5.97. The summed E-state index contributed by atoms with van der Waals surface area (Å²) in [5.41, 5.74) is 9.56. The second-order valence-corrected chi connectivity index (χ2v) is 10.9. The SMILES string of the molecule is COC(=O)CCc1ccc(Nc2ccc3c(c2)C(C)(C)c2cc(-c4ccc(Cl)s4)ccc2-3)cc1. The molecule has 0 amide bonds. The lowest BCUT2D eigenvalue weighted by atomic mass is 9.82. The molecule has 3 nitrogen and oxygen atoms in total. The number of thiophene rings is 1. The first-order chi connectivity index (χ1) is 16.3. The summed E-state index contributed by atoms with van der Waals surface area (Å²) in [6.45, 7) is 4.59. The minimum Gasteiger partial charge on any atom is -0.469 e. The van der Waals surface area contributed by atoms with Gasteiger partial charge >= 0.3 is 5.97 Å². The van der Waals surface area contributed by atoms with E-state index in [4.69, 9.17) is 16.3 Å². The Morgan fingerprint density at radius 2 is 1.59 bits per heavy atom. The van der Waals surface area contributed by atoms with Gasteiger partial charge in [-0.1, -0.05) is 55.8 Å². The molecule has 1 aliphatic carbocycles. The van der Waals surface area contributed by atoms with Crippen molar-refractivity contribution in [2.45, 2.75) is 32.1 Å². The van der Waals surface area contributed by atoms with Crippen LogP contribution in [0.1, 0.15) is 37.0 Å². The molecule has 1 N–H and O–H groups in total. The molecule has 0 spiro atoms. The lowest BCUT2D eigenvalue weighted by Crippen LogP contribution is -2.15. The number of fused-ring (bicyclic) bond motifs is 3. The standard InChI is InChI=1S/C29H26ClNO2S/c1-29(2)24-16-19(26-13-14-27(30)34-26)7-11-22(24)23-12-10-21(17-25(23)29)31-20-8-4-18(5-9-20)6-15-28(32)33-3/h4-5,7-14,16-17,31H,6,15H2,1-3H3. The fourth-order valence-corrected chi connectivity index (χ4v) is 5.75. The zero-order chi connectivity index (χ0) is 23.9. The molecule has 0 aliphatic heterocycles. The van der Waals surface area contributed by atoms with Crippen LogP contribution in [0.4, 0.5) is 11.4 Å². The number of esters is 1. The summed E-state index contributed by atoms with van der Waals surface area (Å²) in [6.07, 6.45) is 1.07. The average Bonchev–Trinajstić information content (AvgIpc) is 3.37. The maximum atomic E-state index is 11.4. The average molecular weight is 488 g/mol. The van der Waals surface area contributed by atoms with Crippen molar-refractivity contribution >= 4 is 40.3 Å². The lowest BCUT2D eigenvalue weighted by molar-refractivity contribution is -0.140. The van der Waals surface area contributed by atoms with Crippen LogP contribution in [-0.4, -0.2) is 13.1 Å². The highest BCUT2D eigenvalue weighted by Crippen LogP contribution is 2.50. The number of aryl methyl sites for hydroxylation is 1. The molecule has 0 unspecified atom stereocenters. The first kappa shape index (κ1) is 22.7. The molecule has 34 heavy (non-hydrogen) atoms. The number of rotatable bonds is 6. The zero-order valence-corrected chi connectivity index (χ0v) is 21.0. The Bertz CT molecular complexity index is 1370. The van der Waals surface area contributed by atoms with Crippen molar-refractivity contribution in [3.05, 3.63) is 93.8 Å². The Hall–Kier alpha value is -3.08. The number of hydrogen-bond donors (Lipinski definition) is 1. The zero-order valence-electron chi connectivity index (χ0n) is 19.4. The van der Waals surface area contributed by atoms with Crippen molar-refractivity contribution in [1.82, 2.24) is 0 Å². The Morgan fingerprint density at radius 3 is 2.26 bits per heavy atom. The molecule has 1 aromatic heterocycles. The Balaban J connectivity index is 1.38. The van der Waals surface area contributed by atoms with Crippen LogP contribution in [0, 0.1) is 0 Å². The summed E-state index contributed by atoms with van der Waals surface area (Å²) < 4.78 is 5.54. The molecule has 0 saturated carbocycles.